The molecule has 196 valence electrons. The summed E-state index contributed by atoms with van der Waals surface area (Å²) in [7, 11) is -2.54. The van der Waals surface area contributed by atoms with Gasteiger partial charge in [-0.15, -0.1) is 0 Å². The van der Waals surface area contributed by atoms with Gasteiger partial charge in [0.1, 0.15) is 12.6 Å². The molecular weight excluding hydrogens is 486 g/mol. The quantitative estimate of drug-likeness (QED) is 0.430. The molecule has 2 amide bonds. The number of hydrogen-bond donors (Lipinski definition) is 1. The fourth-order valence-corrected chi connectivity index (χ4v) is 5.69. The summed E-state index contributed by atoms with van der Waals surface area (Å²) in [6.07, 6.45) is 0.381. The molecule has 0 fully saturated rings. The zero-order valence-electron chi connectivity index (χ0n) is 22.1. The van der Waals surface area contributed by atoms with E-state index < -0.39 is 28.5 Å². The molecule has 3 rings (SSSR count). The number of rotatable bonds is 10. The Hall–Kier alpha value is -3.65. The minimum absolute atomic E-state index is 0.0899. The average molecular weight is 522 g/mol. The molecule has 0 heterocycles. The van der Waals surface area contributed by atoms with Crippen molar-refractivity contribution in [2.45, 2.75) is 51.6 Å². The first-order valence-electron chi connectivity index (χ1n) is 12.3. The van der Waals surface area contributed by atoms with Gasteiger partial charge in [-0.05, 0) is 62.1 Å². The van der Waals surface area contributed by atoms with Gasteiger partial charge in [-0.3, -0.25) is 13.9 Å². The largest absolute Gasteiger partial charge is 0.357 e. The van der Waals surface area contributed by atoms with Gasteiger partial charge in [-0.1, -0.05) is 67.1 Å². The van der Waals surface area contributed by atoms with Crippen molar-refractivity contribution in [1.82, 2.24) is 10.2 Å². The van der Waals surface area contributed by atoms with Gasteiger partial charge in [-0.2, -0.15) is 0 Å². The highest BCUT2D eigenvalue weighted by atomic mass is 32.2. The van der Waals surface area contributed by atoms with Crippen molar-refractivity contribution < 1.29 is 18.0 Å². The first-order valence-corrected chi connectivity index (χ1v) is 13.7. The number of carbonyl (C=O) groups excluding carboxylic acids is 2. The second-order valence-electron chi connectivity index (χ2n) is 9.16. The molecule has 3 aromatic rings. The molecule has 0 aliphatic heterocycles. The zero-order chi connectivity index (χ0) is 27.2. The Morgan fingerprint density at radius 1 is 0.892 bits per heavy atom. The lowest BCUT2D eigenvalue weighted by atomic mass is 10.1. The van der Waals surface area contributed by atoms with Gasteiger partial charge >= 0.3 is 0 Å². The van der Waals surface area contributed by atoms with Crippen LogP contribution in [-0.2, 0) is 26.2 Å². The van der Waals surface area contributed by atoms with Gasteiger partial charge in [0.25, 0.3) is 10.0 Å². The summed E-state index contributed by atoms with van der Waals surface area (Å²) in [5.41, 5.74) is 3.96. The molecule has 0 saturated carbocycles. The molecule has 0 unspecified atom stereocenters. The molecule has 0 spiro atoms. The number of aryl methyl sites for hydroxylation is 3. The van der Waals surface area contributed by atoms with Crippen molar-refractivity contribution in [2.75, 3.05) is 17.9 Å². The number of likely N-dealkylation sites (N-methyl/N-ethyl adjacent to an activating group) is 1. The van der Waals surface area contributed by atoms with E-state index in [1.165, 1.54) is 24.1 Å². The van der Waals surface area contributed by atoms with E-state index in [4.69, 9.17) is 0 Å². The Kier molecular flexibility index (Phi) is 9.10. The van der Waals surface area contributed by atoms with E-state index >= 15 is 0 Å². The highest BCUT2D eigenvalue weighted by molar-refractivity contribution is 7.92. The minimum Gasteiger partial charge on any atom is -0.357 e. The fourth-order valence-electron chi connectivity index (χ4n) is 4.20. The topological polar surface area (TPSA) is 86.8 Å². The first kappa shape index (κ1) is 27.9. The normalized spacial score (nSPS) is 12.0. The third kappa shape index (κ3) is 6.57. The molecular formula is C29H35N3O4S. The van der Waals surface area contributed by atoms with E-state index in [0.717, 1.165) is 26.6 Å². The number of nitrogens with one attached hydrogen (secondary N) is 1. The van der Waals surface area contributed by atoms with Crippen LogP contribution in [0, 0.1) is 20.8 Å². The maximum absolute atomic E-state index is 13.9. The highest BCUT2D eigenvalue weighted by Crippen LogP contribution is 2.28. The van der Waals surface area contributed by atoms with E-state index in [2.05, 4.69) is 5.32 Å². The Bertz CT molecular complexity index is 1340. The second kappa shape index (κ2) is 12.1. The fraction of sp³-hybridized carbons (Fsp3) is 0.310. The molecule has 0 saturated heterocycles. The van der Waals surface area contributed by atoms with Crippen LogP contribution in [0.4, 0.5) is 5.69 Å². The van der Waals surface area contributed by atoms with Crippen molar-refractivity contribution in [3.63, 3.8) is 0 Å². The van der Waals surface area contributed by atoms with Crippen molar-refractivity contribution in [1.29, 1.82) is 0 Å². The second-order valence-corrected chi connectivity index (χ2v) is 11.0. The smallest absolute Gasteiger partial charge is 0.264 e. The van der Waals surface area contributed by atoms with Crippen LogP contribution in [0.2, 0.25) is 0 Å². The van der Waals surface area contributed by atoms with Crippen LogP contribution in [0.1, 0.15) is 35.6 Å². The lowest BCUT2D eigenvalue weighted by Crippen LogP contribution is -2.51. The SMILES string of the molecule is CC[C@H](C(=O)NC)N(Cc1ccc(C)cc1)C(=O)CN(c1cc(C)ccc1C)S(=O)(=O)c1ccccc1. The molecule has 0 bridgehead atoms. The standard InChI is InChI=1S/C29H35N3O4S/c1-6-26(29(34)30-5)31(19-24-16-13-21(2)14-17-24)28(33)20-32(27-18-22(3)12-15-23(27)4)37(35,36)25-10-8-7-9-11-25/h7-18,26H,6,19-20H2,1-5H3,(H,30,34)/t26-/m1/s1. The number of anilines is 1. The van der Waals surface area contributed by atoms with Crippen molar-refractivity contribution in [3.05, 3.63) is 95.1 Å². The molecule has 7 nitrogen and oxygen atoms in total. The predicted molar refractivity (Wildman–Crippen MR) is 147 cm³/mol. The third-order valence-electron chi connectivity index (χ3n) is 6.35. The van der Waals surface area contributed by atoms with Crippen molar-refractivity contribution >= 4 is 27.5 Å². The van der Waals surface area contributed by atoms with E-state index in [1.807, 2.05) is 64.1 Å². The molecule has 0 aliphatic carbocycles. The van der Waals surface area contributed by atoms with E-state index in [0.29, 0.717) is 12.1 Å². The van der Waals surface area contributed by atoms with Crippen molar-refractivity contribution in [2.24, 2.45) is 0 Å². The van der Waals surface area contributed by atoms with Gasteiger partial charge in [0.15, 0.2) is 0 Å². The Labute approximate surface area is 220 Å². The Morgan fingerprint density at radius 3 is 2.11 bits per heavy atom. The van der Waals surface area contributed by atoms with Gasteiger partial charge in [0, 0.05) is 13.6 Å². The number of amides is 2. The predicted octanol–water partition coefficient (Wildman–Crippen LogP) is 4.36. The molecule has 0 aromatic heterocycles. The zero-order valence-corrected chi connectivity index (χ0v) is 22.9. The number of hydrogen-bond acceptors (Lipinski definition) is 4. The van der Waals surface area contributed by atoms with Gasteiger partial charge in [0.2, 0.25) is 11.8 Å². The molecule has 0 aliphatic rings. The summed E-state index contributed by atoms with van der Waals surface area (Å²) in [6.45, 7) is 7.23. The lowest BCUT2D eigenvalue weighted by Gasteiger charge is -2.33. The molecule has 1 N–H and O–H groups in total. The molecule has 0 radical (unpaired) electrons. The maximum atomic E-state index is 13.9. The van der Waals surface area contributed by atoms with Crippen LogP contribution in [0.5, 0.6) is 0 Å². The first-order chi connectivity index (χ1) is 17.6. The van der Waals surface area contributed by atoms with Crippen LogP contribution in [0.25, 0.3) is 0 Å². The summed E-state index contributed by atoms with van der Waals surface area (Å²) in [6, 6.07) is 20.5. The van der Waals surface area contributed by atoms with E-state index in [9.17, 15) is 18.0 Å². The molecule has 37 heavy (non-hydrogen) atoms. The Balaban J connectivity index is 2.09. The number of nitrogens with zero attached hydrogens (tertiary/aromatic N) is 2. The van der Waals surface area contributed by atoms with Gasteiger partial charge < -0.3 is 10.2 Å². The van der Waals surface area contributed by atoms with Crippen molar-refractivity contribution in [3.8, 4) is 0 Å². The molecule has 3 aromatic carbocycles. The number of carbonyl (C=O) groups is 2. The van der Waals surface area contributed by atoms with Gasteiger partial charge in [0.05, 0.1) is 10.6 Å². The number of sulfonamides is 1. The summed E-state index contributed by atoms with van der Waals surface area (Å²) in [5, 5.41) is 2.64. The highest BCUT2D eigenvalue weighted by Gasteiger charge is 2.33. The van der Waals surface area contributed by atoms with Crippen LogP contribution >= 0.6 is 0 Å². The number of benzene rings is 3. The summed E-state index contributed by atoms with van der Waals surface area (Å²) in [5.74, 6) is -0.761. The van der Waals surface area contributed by atoms with Crippen LogP contribution in [-0.4, -0.2) is 44.8 Å². The molecule has 8 heteroatoms. The van der Waals surface area contributed by atoms with Crippen LogP contribution in [0.15, 0.2) is 77.7 Å². The maximum Gasteiger partial charge on any atom is 0.264 e. The van der Waals surface area contributed by atoms with Gasteiger partial charge in [-0.25, -0.2) is 8.42 Å². The lowest BCUT2D eigenvalue weighted by molar-refractivity contribution is -0.140. The monoisotopic (exact) mass is 521 g/mol. The molecule has 1 atom stereocenters. The summed E-state index contributed by atoms with van der Waals surface area (Å²) >= 11 is 0. The van der Waals surface area contributed by atoms with E-state index in [1.54, 1.807) is 24.3 Å². The third-order valence-corrected chi connectivity index (χ3v) is 8.12. The Morgan fingerprint density at radius 2 is 1.51 bits per heavy atom. The summed E-state index contributed by atoms with van der Waals surface area (Å²) < 4.78 is 28.9. The van der Waals surface area contributed by atoms with Crippen LogP contribution in [0.3, 0.4) is 0 Å². The minimum atomic E-state index is -4.07. The summed E-state index contributed by atoms with van der Waals surface area (Å²) in [4.78, 5) is 28.3. The van der Waals surface area contributed by atoms with E-state index in [-0.39, 0.29) is 17.3 Å². The average Bonchev–Trinajstić information content (AvgIpc) is 2.89. The van der Waals surface area contributed by atoms with Crippen LogP contribution < -0.4 is 9.62 Å².